The Bertz CT molecular complexity index is 3820. The highest BCUT2D eigenvalue weighted by Crippen LogP contribution is 2.45. The van der Waals surface area contributed by atoms with Crippen LogP contribution in [0.2, 0.25) is 0 Å². The van der Waals surface area contributed by atoms with Crippen LogP contribution in [0.5, 0.6) is 0 Å². The molecule has 0 unspecified atom stereocenters. The van der Waals surface area contributed by atoms with Crippen LogP contribution in [-0.4, -0.2) is 17.2 Å². The van der Waals surface area contributed by atoms with Gasteiger partial charge in [0.2, 0.25) is 0 Å². The summed E-state index contributed by atoms with van der Waals surface area (Å²) in [4.78, 5) is 0. The largest absolute Gasteiger partial charge is 0.309 e. The zero-order valence-electron chi connectivity index (χ0n) is 38.0. The van der Waals surface area contributed by atoms with Crippen LogP contribution in [0.4, 0.5) is 0 Å². The van der Waals surface area contributed by atoms with E-state index >= 15 is 0 Å². The average molecular weight is 895 g/mol. The van der Waals surface area contributed by atoms with E-state index in [2.05, 4.69) is 288 Å². The summed E-state index contributed by atoms with van der Waals surface area (Å²) in [7, 11) is -2.68. The summed E-state index contributed by atoms with van der Waals surface area (Å²) in [6.45, 7) is 0. The summed E-state index contributed by atoms with van der Waals surface area (Å²) < 4.78 is 5.00. The molecule has 0 spiro atoms. The van der Waals surface area contributed by atoms with E-state index in [0.717, 1.165) is 5.69 Å². The summed E-state index contributed by atoms with van der Waals surface area (Å²) in [5.41, 5.74) is 14.2. The predicted octanol–water partition coefficient (Wildman–Crippen LogP) is 14.3. The number of fused-ring (bicyclic) bond motifs is 6. The van der Waals surface area contributed by atoms with Crippen molar-refractivity contribution >= 4 is 72.4 Å². The first-order valence-electron chi connectivity index (χ1n) is 23.8. The fourth-order valence-corrected chi connectivity index (χ4v) is 16.1. The highest BCUT2D eigenvalue weighted by Gasteiger charge is 2.41. The Morgan fingerprint density at radius 2 is 0.652 bits per heavy atom. The van der Waals surface area contributed by atoms with Gasteiger partial charge in [-0.2, -0.15) is 0 Å². The number of hydrogen-bond acceptors (Lipinski definition) is 0. The third kappa shape index (κ3) is 6.54. The molecule has 2 heterocycles. The van der Waals surface area contributed by atoms with Crippen LogP contribution in [0.1, 0.15) is 0 Å². The molecule has 3 heteroatoms. The molecule has 13 aromatic rings. The van der Waals surface area contributed by atoms with Crippen LogP contribution in [0.25, 0.3) is 88.4 Å². The zero-order valence-corrected chi connectivity index (χ0v) is 39.0. The smallest absolute Gasteiger partial charge is 0.179 e. The molecule has 2 nitrogen and oxygen atoms in total. The van der Waals surface area contributed by atoms with E-state index in [4.69, 9.17) is 0 Å². The van der Waals surface area contributed by atoms with Gasteiger partial charge in [0.05, 0.1) is 27.8 Å². The molecule has 0 fully saturated rings. The van der Waals surface area contributed by atoms with E-state index < -0.39 is 8.07 Å². The molecule has 0 amide bonds. The van der Waals surface area contributed by atoms with Crippen molar-refractivity contribution in [3.8, 4) is 44.8 Å². The van der Waals surface area contributed by atoms with E-state index in [0.29, 0.717) is 0 Å². The van der Waals surface area contributed by atoms with Crippen molar-refractivity contribution in [2.75, 3.05) is 0 Å². The summed E-state index contributed by atoms with van der Waals surface area (Å²) >= 11 is 0. The molecular weight excluding hydrogens is 849 g/mol. The Morgan fingerprint density at radius 1 is 0.246 bits per heavy atom. The standard InChI is InChI=1S/C66H46N2Si/c1-6-22-47(23-7-1)55-34-20-35-56(48-24-8-2-9-25-48)65(55)68-63-39-19-16-32-58(63)60-37-21-36-57(66(60)68)49-40-45-64-61(46-49)59-33-17-18-38-62(59)67(64)50-41-43-54(44-42-50)69(51-26-10-3-11-27-51,52-28-12-4-13-29-52)53-30-14-5-15-31-53/h1-46H. The molecule has 0 saturated carbocycles. The Balaban J connectivity index is 1.02. The number of aromatic nitrogens is 2. The van der Waals surface area contributed by atoms with Gasteiger partial charge in [-0.15, -0.1) is 0 Å². The molecular formula is C66H46N2Si. The first kappa shape index (κ1) is 40.5. The minimum atomic E-state index is -2.68. The molecule has 69 heavy (non-hydrogen) atoms. The fraction of sp³-hybridized carbons (Fsp3) is 0. The van der Waals surface area contributed by atoms with E-state index in [9.17, 15) is 0 Å². The highest BCUT2D eigenvalue weighted by atomic mass is 28.3. The molecule has 0 bridgehead atoms. The molecule has 0 N–H and O–H groups in total. The van der Waals surface area contributed by atoms with Gasteiger partial charge < -0.3 is 9.13 Å². The van der Waals surface area contributed by atoms with E-state index in [1.54, 1.807) is 0 Å². The maximum Gasteiger partial charge on any atom is 0.179 e. The number of benzene rings is 11. The predicted molar refractivity (Wildman–Crippen MR) is 295 cm³/mol. The highest BCUT2D eigenvalue weighted by molar-refractivity contribution is 7.19. The summed E-state index contributed by atoms with van der Waals surface area (Å²) in [6.07, 6.45) is 0. The third-order valence-electron chi connectivity index (χ3n) is 14.3. The maximum atomic E-state index is 2.55. The van der Waals surface area contributed by atoms with Gasteiger partial charge in [-0.05, 0) is 73.8 Å². The molecule has 324 valence electrons. The van der Waals surface area contributed by atoms with Gasteiger partial charge in [0.25, 0.3) is 0 Å². The second-order valence-corrected chi connectivity index (χ2v) is 21.8. The van der Waals surface area contributed by atoms with Crippen LogP contribution in [0, 0.1) is 0 Å². The second kappa shape index (κ2) is 16.8. The van der Waals surface area contributed by atoms with Gasteiger partial charge >= 0.3 is 0 Å². The van der Waals surface area contributed by atoms with Gasteiger partial charge in [-0.3, -0.25) is 0 Å². The average Bonchev–Trinajstić information content (AvgIpc) is 3.95. The number of para-hydroxylation sites is 4. The topological polar surface area (TPSA) is 9.86 Å². The van der Waals surface area contributed by atoms with Crippen molar-refractivity contribution in [2.24, 2.45) is 0 Å². The molecule has 13 rings (SSSR count). The molecule has 0 aliphatic heterocycles. The van der Waals surface area contributed by atoms with Crippen LogP contribution < -0.4 is 20.7 Å². The summed E-state index contributed by atoms with van der Waals surface area (Å²) in [5, 5.41) is 10.4. The molecule has 0 radical (unpaired) electrons. The summed E-state index contributed by atoms with van der Waals surface area (Å²) in [5.74, 6) is 0. The minimum absolute atomic E-state index is 1.14. The lowest BCUT2D eigenvalue weighted by Crippen LogP contribution is -2.74. The van der Waals surface area contributed by atoms with Crippen LogP contribution in [0.15, 0.2) is 279 Å². The third-order valence-corrected chi connectivity index (χ3v) is 19.1. The quantitative estimate of drug-likeness (QED) is 0.101. The van der Waals surface area contributed by atoms with Crippen LogP contribution in [0.3, 0.4) is 0 Å². The van der Waals surface area contributed by atoms with Gasteiger partial charge in [-0.1, -0.05) is 243 Å². The lowest BCUT2D eigenvalue weighted by atomic mass is 9.95. The normalized spacial score (nSPS) is 11.8. The minimum Gasteiger partial charge on any atom is -0.309 e. The van der Waals surface area contributed by atoms with Crippen molar-refractivity contribution in [3.05, 3.63) is 279 Å². The number of rotatable bonds is 9. The lowest BCUT2D eigenvalue weighted by Gasteiger charge is -2.34. The van der Waals surface area contributed by atoms with Crippen LogP contribution in [-0.2, 0) is 0 Å². The summed E-state index contributed by atoms with van der Waals surface area (Å²) in [6, 6.07) is 103. The molecule has 2 aromatic heterocycles. The molecule has 0 aliphatic rings. The van der Waals surface area contributed by atoms with Crippen molar-refractivity contribution in [3.63, 3.8) is 0 Å². The number of hydrogen-bond donors (Lipinski definition) is 0. The molecule has 11 aromatic carbocycles. The van der Waals surface area contributed by atoms with Gasteiger partial charge in [-0.25, -0.2) is 0 Å². The van der Waals surface area contributed by atoms with Crippen molar-refractivity contribution < 1.29 is 0 Å². The lowest BCUT2D eigenvalue weighted by molar-refractivity contribution is 1.18. The number of nitrogens with zero attached hydrogens (tertiary/aromatic N) is 2. The Labute approximate surface area is 403 Å². The Kier molecular flexibility index (Phi) is 9.88. The van der Waals surface area contributed by atoms with Gasteiger partial charge in [0.15, 0.2) is 8.07 Å². The monoisotopic (exact) mass is 894 g/mol. The SMILES string of the molecule is c1ccc(-c2cccc(-c3ccccc3)c2-n2c3ccccc3c3cccc(-c4ccc5c(c4)c4ccccc4n5-c4ccc([Si](c5ccccc5)(c5ccccc5)c5ccccc5)cc4)c32)cc1. The zero-order chi connectivity index (χ0) is 45.7. The Hall–Kier alpha value is -8.76. The van der Waals surface area contributed by atoms with Crippen molar-refractivity contribution in [1.82, 2.24) is 9.13 Å². The van der Waals surface area contributed by atoms with Crippen molar-refractivity contribution in [1.29, 1.82) is 0 Å². The fourth-order valence-electron chi connectivity index (χ4n) is 11.3. The van der Waals surface area contributed by atoms with Gasteiger partial charge in [0, 0.05) is 43.9 Å². The van der Waals surface area contributed by atoms with Gasteiger partial charge in [0.1, 0.15) is 0 Å². The first-order chi connectivity index (χ1) is 34.3. The first-order valence-corrected chi connectivity index (χ1v) is 25.8. The molecule has 0 saturated heterocycles. The molecule has 0 aliphatic carbocycles. The van der Waals surface area contributed by atoms with Crippen molar-refractivity contribution in [2.45, 2.75) is 0 Å². The molecule has 0 atom stereocenters. The second-order valence-electron chi connectivity index (χ2n) is 18.0. The van der Waals surface area contributed by atoms with E-state index in [-0.39, 0.29) is 0 Å². The van der Waals surface area contributed by atoms with Crippen LogP contribution >= 0.6 is 0 Å². The van der Waals surface area contributed by atoms with E-state index in [1.807, 2.05) is 0 Å². The van der Waals surface area contributed by atoms with E-state index in [1.165, 1.54) is 103 Å². The Morgan fingerprint density at radius 3 is 1.20 bits per heavy atom. The maximum absolute atomic E-state index is 2.68.